The molecule has 0 unspecified atom stereocenters. The Bertz CT molecular complexity index is 1230. The van der Waals surface area contributed by atoms with Gasteiger partial charge in [0.2, 0.25) is 5.75 Å². The molecule has 9 heteroatoms. The van der Waals surface area contributed by atoms with Gasteiger partial charge in [-0.2, -0.15) is 0 Å². The highest BCUT2D eigenvalue weighted by atomic mass is 16.5. The van der Waals surface area contributed by atoms with Crippen LogP contribution in [0.4, 0.5) is 11.5 Å². The van der Waals surface area contributed by atoms with Gasteiger partial charge >= 0.3 is 0 Å². The number of hydrogen-bond donors (Lipinski definition) is 1. The van der Waals surface area contributed by atoms with Crippen LogP contribution < -0.4 is 24.3 Å². The molecule has 0 saturated heterocycles. The second kappa shape index (κ2) is 9.82. The Morgan fingerprint density at radius 1 is 0.788 bits per heavy atom. The van der Waals surface area contributed by atoms with Gasteiger partial charge in [-0.1, -0.05) is 0 Å². The highest BCUT2D eigenvalue weighted by Gasteiger charge is 2.15. The first-order valence-electron chi connectivity index (χ1n) is 10.1. The van der Waals surface area contributed by atoms with Crippen LogP contribution in [0.25, 0.3) is 11.4 Å². The zero-order valence-corrected chi connectivity index (χ0v) is 18.7. The van der Waals surface area contributed by atoms with E-state index in [0.717, 1.165) is 5.69 Å². The van der Waals surface area contributed by atoms with Crippen molar-refractivity contribution >= 4 is 11.5 Å². The molecule has 0 aliphatic carbocycles. The third kappa shape index (κ3) is 4.93. The molecule has 3 aromatic heterocycles. The van der Waals surface area contributed by atoms with Gasteiger partial charge in [-0.15, -0.1) is 0 Å². The number of aromatic nitrogens is 4. The van der Waals surface area contributed by atoms with Gasteiger partial charge in [0, 0.05) is 48.2 Å². The number of nitrogens with one attached hydrogen (secondary N) is 1. The molecule has 168 valence electrons. The summed E-state index contributed by atoms with van der Waals surface area (Å²) in [5.41, 5.74) is 2.80. The van der Waals surface area contributed by atoms with Crippen molar-refractivity contribution in [1.82, 2.24) is 19.9 Å². The molecule has 3 heterocycles. The fourth-order valence-electron chi connectivity index (χ4n) is 3.20. The van der Waals surface area contributed by atoms with Crippen LogP contribution in [0.1, 0.15) is 5.69 Å². The van der Waals surface area contributed by atoms with Crippen LogP contribution in [0, 0.1) is 6.92 Å². The van der Waals surface area contributed by atoms with Crippen LogP contribution in [-0.2, 0) is 0 Å². The molecule has 0 radical (unpaired) electrons. The Balaban J connectivity index is 1.62. The summed E-state index contributed by atoms with van der Waals surface area (Å²) in [7, 11) is 4.70. The number of methoxy groups -OCH3 is 3. The van der Waals surface area contributed by atoms with Crippen molar-refractivity contribution in [3.05, 3.63) is 66.9 Å². The minimum absolute atomic E-state index is 0.513. The molecule has 1 N–H and O–H groups in total. The molecule has 33 heavy (non-hydrogen) atoms. The summed E-state index contributed by atoms with van der Waals surface area (Å²) in [5, 5.41) is 3.24. The summed E-state index contributed by atoms with van der Waals surface area (Å²) in [5.74, 6) is 3.29. The fraction of sp³-hybridized carbons (Fsp3) is 0.167. The van der Waals surface area contributed by atoms with Crippen LogP contribution in [0.3, 0.4) is 0 Å². The number of anilines is 2. The zero-order valence-electron chi connectivity index (χ0n) is 18.7. The first-order valence-corrected chi connectivity index (χ1v) is 10.1. The van der Waals surface area contributed by atoms with Crippen molar-refractivity contribution in [2.24, 2.45) is 0 Å². The van der Waals surface area contributed by atoms with E-state index in [0.29, 0.717) is 51.6 Å². The summed E-state index contributed by atoms with van der Waals surface area (Å²) in [6.45, 7) is 1.91. The quantitative estimate of drug-likeness (QED) is 0.410. The number of rotatable bonds is 8. The number of hydrogen-bond acceptors (Lipinski definition) is 9. The smallest absolute Gasteiger partial charge is 0.203 e. The number of pyridine rings is 2. The van der Waals surface area contributed by atoms with Crippen LogP contribution in [-0.4, -0.2) is 41.3 Å². The van der Waals surface area contributed by atoms with Gasteiger partial charge in [0.05, 0.1) is 27.5 Å². The second-order valence-electron chi connectivity index (χ2n) is 6.91. The monoisotopic (exact) mass is 445 g/mol. The fourth-order valence-corrected chi connectivity index (χ4v) is 3.20. The van der Waals surface area contributed by atoms with E-state index in [1.807, 2.05) is 19.1 Å². The highest BCUT2D eigenvalue weighted by molar-refractivity contribution is 5.67. The molecule has 4 rings (SSSR count). The van der Waals surface area contributed by atoms with E-state index in [9.17, 15) is 0 Å². The first-order chi connectivity index (χ1) is 16.1. The SMILES string of the molecule is COc1cc(Nc2cc(Oc3ccc(C)nc3-c3cnccn3)ccn2)cc(OC)c1OC. The van der Waals surface area contributed by atoms with Gasteiger partial charge in [0.15, 0.2) is 17.2 Å². The van der Waals surface area contributed by atoms with E-state index >= 15 is 0 Å². The summed E-state index contributed by atoms with van der Waals surface area (Å²) in [6.07, 6.45) is 6.54. The molecule has 4 aromatic rings. The molecule has 0 fully saturated rings. The van der Waals surface area contributed by atoms with Crippen LogP contribution in [0.2, 0.25) is 0 Å². The van der Waals surface area contributed by atoms with Crippen molar-refractivity contribution in [3.8, 4) is 40.1 Å². The lowest BCUT2D eigenvalue weighted by atomic mass is 10.2. The van der Waals surface area contributed by atoms with Gasteiger partial charge in [0.25, 0.3) is 0 Å². The van der Waals surface area contributed by atoms with Crippen molar-refractivity contribution in [2.75, 3.05) is 26.6 Å². The normalized spacial score (nSPS) is 10.4. The minimum atomic E-state index is 0.513. The van der Waals surface area contributed by atoms with E-state index in [4.69, 9.17) is 18.9 Å². The summed E-state index contributed by atoms with van der Waals surface area (Å²) in [6, 6.07) is 10.9. The third-order valence-corrected chi connectivity index (χ3v) is 4.70. The van der Waals surface area contributed by atoms with Gasteiger partial charge < -0.3 is 24.3 Å². The van der Waals surface area contributed by atoms with E-state index in [2.05, 4.69) is 25.3 Å². The molecule has 0 amide bonds. The molecule has 9 nitrogen and oxygen atoms in total. The highest BCUT2D eigenvalue weighted by Crippen LogP contribution is 2.40. The summed E-state index contributed by atoms with van der Waals surface area (Å²) >= 11 is 0. The van der Waals surface area contributed by atoms with Crippen LogP contribution in [0.5, 0.6) is 28.7 Å². The predicted octanol–water partition coefficient (Wildman–Crippen LogP) is 4.80. The Labute approximate surface area is 191 Å². The van der Waals surface area contributed by atoms with Crippen molar-refractivity contribution in [1.29, 1.82) is 0 Å². The summed E-state index contributed by atoms with van der Waals surface area (Å²) in [4.78, 5) is 17.5. The molecule has 1 aromatic carbocycles. The van der Waals surface area contributed by atoms with E-state index in [1.165, 1.54) is 0 Å². The van der Waals surface area contributed by atoms with Crippen LogP contribution >= 0.6 is 0 Å². The number of benzene rings is 1. The zero-order chi connectivity index (χ0) is 23.2. The Kier molecular flexibility index (Phi) is 6.49. The molecule has 0 aliphatic heterocycles. The molecular weight excluding hydrogens is 422 g/mol. The molecule has 0 spiro atoms. The topological polar surface area (TPSA) is 101 Å². The van der Waals surface area contributed by atoms with Crippen molar-refractivity contribution in [2.45, 2.75) is 6.92 Å². The maximum absolute atomic E-state index is 6.14. The Hall–Kier alpha value is -4.40. The maximum Gasteiger partial charge on any atom is 0.203 e. The van der Waals surface area contributed by atoms with E-state index in [-0.39, 0.29) is 0 Å². The van der Waals surface area contributed by atoms with E-state index in [1.54, 1.807) is 70.4 Å². The van der Waals surface area contributed by atoms with E-state index < -0.39 is 0 Å². The lowest BCUT2D eigenvalue weighted by Gasteiger charge is -2.15. The molecule has 0 atom stereocenters. The Morgan fingerprint density at radius 2 is 1.58 bits per heavy atom. The van der Waals surface area contributed by atoms with Gasteiger partial charge in [-0.3, -0.25) is 9.97 Å². The lowest BCUT2D eigenvalue weighted by Crippen LogP contribution is -1.99. The molecular formula is C24H23N5O4. The Morgan fingerprint density at radius 3 is 2.24 bits per heavy atom. The molecule has 0 saturated carbocycles. The average molecular weight is 445 g/mol. The largest absolute Gasteiger partial charge is 0.493 e. The van der Waals surface area contributed by atoms with Gasteiger partial charge in [-0.05, 0) is 25.1 Å². The van der Waals surface area contributed by atoms with Crippen molar-refractivity contribution < 1.29 is 18.9 Å². The number of nitrogens with zero attached hydrogens (tertiary/aromatic N) is 4. The number of aryl methyl sites for hydroxylation is 1. The van der Waals surface area contributed by atoms with Gasteiger partial charge in [-0.25, -0.2) is 9.97 Å². The molecule has 0 aliphatic rings. The predicted molar refractivity (Wildman–Crippen MR) is 124 cm³/mol. The standard InChI is InChI=1S/C24H23N5O4/c1-15-5-6-19(23(28-15)18-14-25-9-10-26-18)33-17-7-8-27-22(13-17)29-16-11-20(30-2)24(32-4)21(12-16)31-3/h5-14H,1-4H3,(H,27,29). The molecule has 0 bridgehead atoms. The minimum Gasteiger partial charge on any atom is -0.493 e. The average Bonchev–Trinajstić information content (AvgIpc) is 2.85. The lowest BCUT2D eigenvalue weighted by molar-refractivity contribution is 0.324. The maximum atomic E-state index is 6.14. The first kappa shape index (κ1) is 21.8. The van der Waals surface area contributed by atoms with Crippen molar-refractivity contribution in [3.63, 3.8) is 0 Å². The van der Waals surface area contributed by atoms with Crippen LogP contribution in [0.15, 0.2) is 61.2 Å². The third-order valence-electron chi connectivity index (χ3n) is 4.70. The number of ether oxygens (including phenoxy) is 4. The summed E-state index contributed by atoms with van der Waals surface area (Å²) < 4.78 is 22.4. The van der Waals surface area contributed by atoms with Gasteiger partial charge in [0.1, 0.15) is 23.0 Å². The second-order valence-corrected chi connectivity index (χ2v) is 6.91.